The monoisotopic (exact) mass is 487 g/mol. The summed E-state index contributed by atoms with van der Waals surface area (Å²) >= 11 is 0. The highest BCUT2D eigenvalue weighted by Gasteiger charge is 2.41. The molecule has 0 saturated carbocycles. The third-order valence-electron chi connectivity index (χ3n) is 6.62. The highest BCUT2D eigenvalue weighted by atomic mass is 19.1. The molecule has 9 heteroatoms. The second kappa shape index (κ2) is 11.2. The Hall–Kier alpha value is -2.88. The number of hydrogen-bond donors (Lipinski definition) is 1. The number of rotatable bonds is 8. The molecule has 4 rings (SSSR count). The molecule has 2 aromatic carbocycles. The van der Waals surface area contributed by atoms with Crippen LogP contribution in [0.25, 0.3) is 0 Å². The number of phenols is 1. The number of amides is 1. The molecule has 1 N–H and O–H groups in total. The van der Waals surface area contributed by atoms with E-state index in [1.165, 1.54) is 19.2 Å². The molecule has 2 fully saturated rings. The van der Waals surface area contributed by atoms with E-state index in [9.17, 15) is 14.3 Å². The number of piperazine rings is 1. The lowest BCUT2D eigenvalue weighted by Gasteiger charge is -2.43. The quantitative estimate of drug-likeness (QED) is 0.613. The van der Waals surface area contributed by atoms with Crippen molar-refractivity contribution in [2.24, 2.45) is 0 Å². The van der Waals surface area contributed by atoms with Crippen LogP contribution in [-0.2, 0) is 16.1 Å². The van der Waals surface area contributed by atoms with E-state index in [1.54, 1.807) is 24.3 Å². The number of hydrogen-bond acceptors (Lipinski definition) is 7. The molecule has 0 bridgehead atoms. The van der Waals surface area contributed by atoms with E-state index in [-0.39, 0.29) is 30.5 Å². The normalized spacial score (nSPS) is 21.6. The van der Waals surface area contributed by atoms with Gasteiger partial charge in [-0.25, -0.2) is 4.39 Å². The third kappa shape index (κ3) is 6.62. The number of likely N-dealkylation sites (N-methyl/N-ethyl adjacent to an activating group) is 1. The summed E-state index contributed by atoms with van der Waals surface area (Å²) in [4.78, 5) is 19.6. The topological polar surface area (TPSA) is 74.7 Å². The number of aromatic hydroxyl groups is 1. The molecule has 0 radical (unpaired) electrons. The number of benzene rings is 2. The van der Waals surface area contributed by atoms with Gasteiger partial charge in [-0.05, 0) is 49.0 Å². The van der Waals surface area contributed by atoms with Gasteiger partial charge in [0.15, 0.2) is 11.5 Å². The van der Waals surface area contributed by atoms with Gasteiger partial charge in [-0.1, -0.05) is 6.07 Å². The molecule has 8 nitrogen and oxygen atoms in total. The molecule has 35 heavy (non-hydrogen) atoms. The SMILES string of the molecule is COc1ccc(CN2CCOC(COc3ccc(F)cc3)(CC(=O)N3CCN(C)CC3)C2)cc1O. The van der Waals surface area contributed by atoms with Gasteiger partial charge in [0, 0.05) is 45.8 Å². The number of methoxy groups -OCH3 is 1. The van der Waals surface area contributed by atoms with Crippen LogP contribution < -0.4 is 9.47 Å². The molecule has 190 valence electrons. The zero-order valence-electron chi connectivity index (χ0n) is 20.4. The maximum atomic E-state index is 13.3. The molecule has 1 atom stereocenters. The van der Waals surface area contributed by atoms with Crippen molar-refractivity contribution in [1.82, 2.24) is 14.7 Å². The van der Waals surface area contributed by atoms with Crippen LogP contribution in [0.2, 0.25) is 0 Å². The van der Waals surface area contributed by atoms with E-state index in [1.807, 2.05) is 11.0 Å². The van der Waals surface area contributed by atoms with E-state index < -0.39 is 5.60 Å². The average molecular weight is 488 g/mol. The highest BCUT2D eigenvalue weighted by Crippen LogP contribution is 2.29. The van der Waals surface area contributed by atoms with Crippen molar-refractivity contribution in [3.05, 3.63) is 53.8 Å². The minimum atomic E-state index is -0.846. The number of ether oxygens (including phenoxy) is 3. The number of carbonyl (C=O) groups excluding carboxylic acids is 1. The van der Waals surface area contributed by atoms with Gasteiger partial charge >= 0.3 is 0 Å². The number of halogens is 1. The molecule has 2 aliphatic heterocycles. The van der Waals surface area contributed by atoms with Gasteiger partial charge in [0.25, 0.3) is 0 Å². The second-order valence-electron chi connectivity index (χ2n) is 9.35. The van der Waals surface area contributed by atoms with Gasteiger partial charge in [-0.15, -0.1) is 0 Å². The Bertz CT molecular complexity index is 997. The first kappa shape index (κ1) is 25.2. The number of phenolic OH excluding ortho intramolecular Hbond substituents is 1. The maximum Gasteiger partial charge on any atom is 0.225 e. The Morgan fingerprint density at radius 1 is 1.11 bits per heavy atom. The molecular weight excluding hydrogens is 453 g/mol. The zero-order chi connectivity index (χ0) is 24.8. The first-order chi connectivity index (χ1) is 16.9. The fourth-order valence-corrected chi connectivity index (χ4v) is 4.58. The van der Waals surface area contributed by atoms with Crippen molar-refractivity contribution < 1.29 is 28.5 Å². The average Bonchev–Trinajstić information content (AvgIpc) is 2.84. The summed E-state index contributed by atoms with van der Waals surface area (Å²) in [5.74, 6) is 0.758. The summed E-state index contributed by atoms with van der Waals surface area (Å²) in [6.45, 7) is 5.46. The summed E-state index contributed by atoms with van der Waals surface area (Å²) in [6.07, 6.45) is 0.197. The summed E-state index contributed by atoms with van der Waals surface area (Å²) < 4.78 is 30.7. The Morgan fingerprint density at radius 3 is 2.54 bits per heavy atom. The second-order valence-corrected chi connectivity index (χ2v) is 9.35. The van der Waals surface area contributed by atoms with Gasteiger partial charge < -0.3 is 29.1 Å². The molecule has 2 aliphatic rings. The summed E-state index contributed by atoms with van der Waals surface area (Å²) in [7, 11) is 3.57. The molecule has 0 spiro atoms. The van der Waals surface area contributed by atoms with Crippen LogP contribution in [0.1, 0.15) is 12.0 Å². The van der Waals surface area contributed by atoms with Crippen LogP contribution in [-0.4, -0.2) is 98.0 Å². The molecule has 2 heterocycles. The van der Waals surface area contributed by atoms with Crippen LogP contribution in [0, 0.1) is 5.82 Å². The predicted octanol–water partition coefficient (Wildman–Crippen LogP) is 2.35. The van der Waals surface area contributed by atoms with Crippen molar-refractivity contribution in [3.8, 4) is 17.2 Å². The number of nitrogens with zero attached hydrogens (tertiary/aromatic N) is 3. The van der Waals surface area contributed by atoms with Gasteiger partial charge in [0.05, 0.1) is 20.1 Å². The summed E-state index contributed by atoms with van der Waals surface area (Å²) in [6, 6.07) is 11.2. The van der Waals surface area contributed by atoms with Crippen molar-refractivity contribution in [2.75, 3.05) is 66.6 Å². The van der Waals surface area contributed by atoms with Crippen LogP contribution in [0.5, 0.6) is 17.2 Å². The lowest BCUT2D eigenvalue weighted by Crippen LogP contribution is -2.58. The lowest BCUT2D eigenvalue weighted by molar-refractivity contribution is -0.157. The van der Waals surface area contributed by atoms with Crippen molar-refractivity contribution in [3.63, 3.8) is 0 Å². The van der Waals surface area contributed by atoms with Crippen molar-refractivity contribution >= 4 is 5.91 Å². The van der Waals surface area contributed by atoms with E-state index >= 15 is 0 Å². The highest BCUT2D eigenvalue weighted by molar-refractivity contribution is 5.77. The van der Waals surface area contributed by atoms with Crippen LogP contribution in [0.4, 0.5) is 4.39 Å². The lowest BCUT2D eigenvalue weighted by atomic mass is 9.96. The first-order valence-electron chi connectivity index (χ1n) is 11.9. The minimum Gasteiger partial charge on any atom is -0.504 e. The van der Waals surface area contributed by atoms with Crippen LogP contribution >= 0.6 is 0 Å². The standard InChI is InChI=1S/C26H34FN3O5/c1-28-9-11-30(12-10-28)25(32)16-26(19-34-22-6-4-21(27)5-7-22)18-29(13-14-35-26)17-20-3-8-24(33-2)23(31)15-20/h3-8,15,31H,9-14,16-19H2,1-2H3. The molecule has 2 aromatic rings. The van der Waals surface area contributed by atoms with E-state index in [2.05, 4.69) is 16.8 Å². The number of morpholine rings is 1. The fourth-order valence-electron chi connectivity index (χ4n) is 4.58. The minimum absolute atomic E-state index is 0.0461. The van der Waals surface area contributed by atoms with E-state index in [0.29, 0.717) is 50.8 Å². The molecule has 0 aromatic heterocycles. The maximum absolute atomic E-state index is 13.3. The van der Waals surface area contributed by atoms with Gasteiger partial charge in [0.2, 0.25) is 5.91 Å². The van der Waals surface area contributed by atoms with E-state index in [0.717, 1.165) is 18.7 Å². The first-order valence-corrected chi connectivity index (χ1v) is 11.9. The third-order valence-corrected chi connectivity index (χ3v) is 6.62. The predicted molar refractivity (Wildman–Crippen MR) is 129 cm³/mol. The van der Waals surface area contributed by atoms with Gasteiger partial charge in [0.1, 0.15) is 23.8 Å². The molecule has 1 amide bonds. The number of carbonyl (C=O) groups is 1. The largest absolute Gasteiger partial charge is 0.504 e. The smallest absolute Gasteiger partial charge is 0.225 e. The molecular formula is C26H34FN3O5. The Labute approximate surface area is 205 Å². The summed E-state index contributed by atoms with van der Waals surface area (Å²) in [5.41, 5.74) is 0.0886. The molecule has 2 saturated heterocycles. The van der Waals surface area contributed by atoms with Crippen molar-refractivity contribution in [2.45, 2.75) is 18.6 Å². The Balaban J connectivity index is 1.48. The van der Waals surface area contributed by atoms with Crippen molar-refractivity contribution in [1.29, 1.82) is 0 Å². The molecule has 1 unspecified atom stereocenters. The van der Waals surface area contributed by atoms with Gasteiger partial charge in [-0.2, -0.15) is 0 Å². The summed E-state index contributed by atoms with van der Waals surface area (Å²) in [5, 5.41) is 10.2. The molecule has 0 aliphatic carbocycles. The van der Waals surface area contributed by atoms with Crippen LogP contribution in [0.3, 0.4) is 0 Å². The zero-order valence-corrected chi connectivity index (χ0v) is 20.4. The van der Waals surface area contributed by atoms with Gasteiger partial charge in [-0.3, -0.25) is 9.69 Å². The fraction of sp³-hybridized carbons (Fsp3) is 0.500. The van der Waals surface area contributed by atoms with E-state index in [4.69, 9.17) is 14.2 Å². The Morgan fingerprint density at radius 2 is 1.86 bits per heavy atom. The van der Waals surface area contributed by atoms with Crippen LogP contribution in [0.15, 0.2) is 42.5 Å². The Kier molecular flexibility index (Phi) is 8.10.